The summed E-state index contributed by atoms with van der Waals surface area (Å²) in [4.78, 5) is 28.9. The van der Waals surface area contributed by atoms with Crippen LogP contribution < -0.4 is 16.2 Å². The minimum Gasteiger partial charge on any atom is -0.334 e. The summed E-state index contributed by atoms with van der Waals surface area (Å²) < 4.78 is 0. The van der Waals surface area contributed by atoms with E-state index in [9.17, 15) is 9.59 Å². The van der Waals surface area contributed by atoms with E-state index in [1.807, 2.05) is 26.8 Å². The molecule has 1 aromatic rings. The zero-order valence-electron chi connectivity index (χ0n) is 13.7. The second-order valence-electron chi connectivity index (χ2n) is 6.18. The Hall–Kier alpha value is -1.82. The van der Waals surface area contributed by atoms with Gasteiger partial charge in [-0.25, -0.2) is 4.79 Å². The maximum Gasteiger partial charge on any atom is 0.315 e. The van der Waals surface area contributed by atoms with E-state index in [0.717, 1.165) is 30.9 Å². The van der Waals surface area contributed by atoms with Crippen molar-refractivity contribution in [1.29, 1.82) is 0 Å². The standard InChI is InChI=1S/C16H26N4O2/c1-11-8-12(2)18-15(21)14(11)9-17-16(22)19-13(3)10-20-6-4-5-7-20/h8,13H,4-7,9-10H2,1-3H3,(H,18,21)(H2,17,19,22). The Morgan fingerprint density at radius 2 is 2.05 bits per heavy atom. The van der Waals surface area contributed by atoms with Gasteiger partial charge in [-0.2, -0.15) is 0 Å². The fourth-order valence-corrected chi connectivity index (χ4v) is 2.94. The summed E-state index contributed by atoms with van der Waals surface area (Å²) in [7, 11) is 0. The number of pyridine rings is 1. The maximum atomic E-state index is 11.9. The van der Waals surface area contributed by atoms with Crippen LogP contribution in [-0.4, -0.2) is 41.6 Å². The number of likely N-dealkylation sites (tertiary alicyclic amines) is 1. The summed E-state index contributed by atoms with van der Waals surface area (Å²) in [5.74, 6) is 0. The van der Waals surface area contributed by atoms with Gasteiger partial charge in [0.25, 0.3) is 5.56 Å². The fraction of sp³-hybridized carbons (Fsp3) is 0.625. The van der Waals surface area contributed by atoms with Crippen molar-refractivity contribution in [3.63, 3.8) is 0 Å². The van der Waals surface area contributed by atoms with Gasteiger partial charge in [-0.1, -0.05) is 0 Å². The van der Waals surface area contributed by atoms with E-state index in [1.54, 1.807) is 0 Å². The molecule has 0 aromatic carbocycles. The Labute approximate surface area is 131 Å². The number of carbonyl (C=O) groups is 1. The Bertz CT molecular complexity index is 576. The Kier molecular flexibility index (Phi) is 5.60. The molecule has 0 radical (unpaired) electrons. The van der Waals surface area contributed by atoms with Crippen LogP contribution in [0.2, 0.25) is 0 Å². The number of rotatable bonds is 5. The van der Waals surface area contributed by atoms with Gasteiger partial charge < -0.3 is 20.5 Å². The summed E-state index contributed by atoms with van der Waals surface area (Å²) in [6, 6.07) is 1.77. The first-order valence-corrected chi connectivity index (χ1v) is 7.92. The molecule has 1 fully saturated rings. The maximum absolute atomic E-state index is 11.9. The van der Waals surface area contributed by atoms with Gasteiger partial charge in [-0.15, -0.1) is 0 Å². The number of H-pyrrole nitrogens is 1. The van der Waals surface area contributed by atoms with Crippen molar-refractivity contribution in [2.24, 2.45) is 0 Å². The van der Waals surface area contributed by atoms with Crippen LogP contribution in [0.3, 0.4) is 0 Å². The van der Waals surface area contributed by atoms with E-state index in [2.05, 4.69) is 20.5 Å². The number of aromatic amines is 1. The third-order valence-electron chi connectivity index (χ3n) is 4.03. The highest BCUT2D eigenvalue weighted by molar-refractivity contribution is 5.74. The second kappa shape index (κ2) is 7.45. The molecule has 6 nitrogen and oxygen atoms in total. The predicted octanol–water partition coefficient (Wildman–Crippen LogP) is 1.28. The van der Waals surface area contributed by atoms with Gasteiger partial charge in [-0.05, 0) is 58.3 Å². The molecule has 1 atom stereocenters. The largest absolute Gasteiger partial charge is 0.334 e. The van der Waals surface area contributed by atoms with Crippen LogP contribution in [0.15, 0.2) is 10.9 Å². The normalized spacial score (nSPS) is 16.5. The summed E-state index contributed by atoms with van der Waals surface area (Å²) >= 11 is 0. The number of nitrogens with one attached hydrogen (secondary N) is 3. The van der Waals surface area contributed by atoms with E-state index in [1.165, 1.54) is 12.8 Å². The fourth-order valence-electron chi connectivity index (χ4n) is 2.94. The Balaban J connectivity index is 1.81. The number of nitrogens with zero attached hydrogens (tertiary/aromatic N) is 1. The SMILES string of the molecule is Cc1cc(C)c(CNC(=O)NC(C)CN2CCCC2)c(=O)[nH]1. The third kappa shape index (κ3) is 4.59. The van der Waals surface area contributed by atoms with Crippen LogP contribution in [0.25, 0.3) is 0 Å². The van der Waals surface area contributed by atoms with Crippen molar-refractivity contribution < 1.29 is 4.79 Å². The topological polar surface area (TPSA) is 77.2 Å². The summed E-state index contributed by atoms with van der Waals surface area (Å²) in [6.45, 7) is 9.08. The van der Waals surface area contributed by atoms with Crippen molar-refractivity contribution in [3.05, 3.63) is 33.2 Å². The molecule has 3 N–H and O–H groups in total. The average molecular weight is 306 g/mol. The van der Waals surface area contributed by atoms with E-state index in [-0.39, 0.29) is 24.2 Å². The highest BCUT2D eigenvalue weighted by Gasteiger charge is 2.16. The van der Waals surface area contributed by atoms with E-state index >= 15 is 0 Å². The first kappa shape index (κ1) is 16.5. The smallest absolute Gasteiger partial charge is 0.315 e. The van der Waals surface area contributed by atoms with Crippen molar-refractivity contribution in [2.45, 2.75) is 46.2 Å². The monoisotopic (exact) mass is 306 g/mol. The van der Waals surface area contributed by atoms with E-state index in [4.69, 9.17) is 0 Å². The van der Waals surface area contributed by atoms with Gasteiger partial charge in [0.15, 0.2) is 0 Å². The molecular weight excluding hydrogens is 280 g/mol. The molecule has 2 rings (SSSR count). The van der Waals surface area contributed by atoms with Crippen LogP contribution in [-0.2, 0) is 6.54 Å². The zero-order chi connectivity index (χ0) is 16.1. The molecule has 1 saturated heterocycles. The Morgan fingerprint density at radius 1 is 1.36 bits per heavy atom. The van der Waals surface area contributed by atoms with Gasteiger partial charge in [0.05, 0.1) is 6.54 Å². The Morgan fingerprint density at radius 3 is 2.68 bits per heavy atom. The summed E-state index contributed by atoms with van der Waals surface area (Å²) in [5, 5.41) is 5.69. The minimum atomic E-state index is -0.230. The van der Waals surface area contributed by atoms with Crippen molar-refractivity contribution in [3.8, 4) is 0 Å². The number of amides is 2. The third-order valence-corrected chi connectivity index (χ3v) is 4.03. The minimum absolute atomic E-state index is 0.0931. The molecule has 6 heteroatoms. The zero-order valence-corrected chi connectivity index (χ0v) is 13.7. The average Bonchev–Trinajstić information content (AvgIpc) is 2.89. The number of urea groups is 1. The molecule has 1 unspecified atom stereocenters. The molecule has 0 saturated carbocycles. The number of carbonyl (C=O) groups excluding carboxylic acids is 1. The van der Waals surface area contributed by atoms with Crippen LogP contribution in [0.5, 0.6) is 0 Å². The molecule has 2 heterocycles. The second-order valence-corrected chi connectivity index (χ2v) is 6.18. The molecule has 1 aliphatic rings. The van der Waals surface area contributed by atoms with Crippen molar-refractivity contribution in [2.75, 3.05) is 19.6 Å². The van der Waals surface area contributed by atoms with Crippen LogP contribution >= 0.6 is 0 Å². The molecule has 0 aliphatic carbocycles. The van der Waals surface area contributed by atoms with Crippen molar-refractivity contribution in [1.82, 2.24) is 20.5 Å². The van der Waals surface area contributed by atoms with Gasteiger partial charge >= 0.3 is 6.03 Å². The molecule has 22 heavy (non-hydrogen) atoms. The number of hydrogen-bond acceptors (Lipinski definition) is 3. The van der Waals surface area contributed by atoms with Crippen LogP contribution in [0.4, 0.5) is 4.79 Å². The van der Waals surface area contributed by atoms with Gasteiger partial charge in [0.2, 0.25) is 0 Å². The van der Waals surface area contributed by atoms with Gasteiger partial charge in [0.1, 0.15) is 0 Å². The van der Waals surface area contributed by atoms with E-state index < -0.39 is 0 Å². The summed E-state index contributed by atoms with van der Waals surface area (Å²) in [5.41, 5.74) is 2.19. The van der Waals surface area contributed by atoms with Crippen LogP contribution in [0.1, 0.15) is 36.6 Å². The number of aromatic nitrogens is 1. The van der Waals surface area contributed by atoms with Crippen LogP contribution in [0, 0.1) is 13.8 Å². The molecule has 122 valence electrons. The lowest BCUT2D eigenvalue weighted by Gasteiger charge is -2.21. The first-order chi connectivity index (χ1) is 10.5. The lowest BCUT2D eigenvalue weighted by atomic mass is 10.1. The summed E-state index contributed by atoms with van der Waals surface area (Å²) in [6.07, 6.45) is 2.49. The van der Waals surface area contributed by atoms with E-state index in [0.29, 0.717) is 5.56 Å². The quantitative estimate of drug-likeness (QED) is 0.767. The molecule has 1 aliphatic heterocycles. The highest BCUT2D eigenvalue weighted by Crippen LogP contribution is 2.07. The predicted molar refractivity (Wildman–Crippen MR) is 87.0 cm³/mol. The number of hydrogen-bond donors (Lipinski definition) is 3. The van der Waals surface area contributed by atoms with Crippen molar-refractivity contribution >= 4 is 6.03 Å². The molecule has 2 amide bonds. The lowest BCUT2D eigenvalue weighted by molar-refractivity contribution is 0.231. The molecular formula is C16H26N4O2. The first-order valence-electron chi connectivity index (χ1n) is 7.92. The molecule has 1 aromatic heterocycles. The van der Waals surface area contributed by atoms with Gasteiger partial charge in [-0.3, -0.25) is 4.79 Å². The number of aryl methyl sites for hydroxylation is 2. The van der Waals surface area contributed by atoms with Gasteiger partial charge in [0, 0.05) is 23.8 Å². The molecule has 0 spiro atoms. The lowest BCUT2D eigenvalue weighted by Crippen LogP contribution is -2.45. The molecule has 0 bridgehead atoms. The highest BCUT2D eigenvalue weighted by atomic mass is 16.2.